The smallest absolute Gasteiger partial charge is 0.0796 e. The van der Waals surface area contributed by atoms with Gasteiger partial charge in [0.2, 0.25) is 0 Å². The van der Waals surface area contributed by atoms with E-state index in [0.717, 1.165) is 18.7 Å². The highest BCUT2D eigenvalue weighted by Crippen LogP contribution is 2.20. The molecule has 0 N–H and O–H groups in total. The summed E-state index contributed by atoms with van der Waals surface area (Å²) >= 11 is 0. The second-order valence-electron chi connectivity index (χ2n) is 5.83. The molecule has 4 heteroatoms. The van der Waals surface area contributed by atoms with E-state index in [4.69, 9.17) is 4.74 Å². The Morgan fingerprint density at radius 1 is 1.25 bits per heavy atom. The minimum atomic E-state index is -0.0750. The molecule has 16 heavy (non-hydrogen) atoms. The maximum Gasteiger partial charge on any atom is 0.0796 e. The Bertz CT molecular complexity index is 336. The topological polar surface area (TPSA) is 39.9 Å². The Hall–Kier alpha value is -0.900. The van der Waals surface area contributed by atoms with Crippen molar-refractivity contribution in [3.8, 4) is 0 Å². The fourth-order valence-electron chi connectivity index (χ4n) is 1.36. The van der Waals surface area contributed by atoms with E-state index in [2.05, 4.69) is 44.9 Å². The van der Waals surface area contributed by atoms with E-state index >= 15 is 0 Å². The Morgan fingerprint density at radius 2 is 1.88 bits per heavy atom. The predicted molar refractivity (Wildman–Crippen MR) is 64.4 cm³/mol. The van der Waals surface area contributed by atoms with Gasteiger partial charge in [0.05, 0.1) is 16.8 Å². The van der Waals surface area contributed by atoms with Gasteiger partial charge in [0.15, 0.2) is 0 Å². The molecule has 0 unspecified atom stereocenters. The van der Waals surface area contributed by atoms with Gasteiger partial charge in [0, 0.05) is 12.8 Å². The van der Waals surface area contributed by atoms with Gasteiger partial charge in [-0.3, -0.25) is 0 Å². The molecule has 0 spiro atoms. The molecule has 0 aliphatic rings. The third-order valence-electron chi connectivity index (χ3n) is 2.48. The molecule has 0 atom stereocenters. The molecule has 0 aliphatic heterocycles. The lowest BCUT2D eigenvalue weighted by Crippen LogP contribution is -2.30. The van der Waals surface area contributed by atoms with Crippen molar-refractivity contribution in [3.63, 3.8) is 0 Å². The van der Waals surface area contributed by atoms with Crippen molar-refractivity contribution in [2.45, 2.75) is 59.1 Å². The summed E-state index contributed by atoms with van der Waals surface area (Å²) in [7, 11) is 0. The molecule has 0 aliphatic carbocycles. The van der Waals surface area contributed by atoms with Gasteiger partial charge in [0.1, 0.15) is 0 Å². The quantitative estimate of drug-likeness (QED) is 0.790. The monoisotopic (exact) mass is 225 g/mol. The Balaban J connectivity index is 2.52. The van der Waals surface area contributed by atoms with E-state index in [-0.39, 0.29) is 11.1 Å². The molecule has 1 rings (SSSR count). The molecular weight excluding hydrogens is 202 g/mol. The molecule has 92 valence electrons. The molecule has 0 saturated heterocycles. The normalized spacial score (nSPS) is 13.1. The number of hydrogen-bond acceptors (Lipinski definition) is 3. The first-order valence-corrected chi connectivity index (χ1v) is 5.74. The van der Waals surface area contributed by atoms with Crippen LogP contribution in [0, 0.1) is 6.92 Å². The molecule has 4 nitrogen and oxygen atoms in total. The highest BCUT2D eigenvalue weighted by molar-refractivity contribution is 4.91. The zero-order chi connectivity index (χ0) is 12.4. The zero-order valence-electron chi connectivity index (χ0n) is 11.2. The van der Waals surface area contributed by atoms with Gasteiger partial charge in [-0.1, -0.05) is 5.21 Å². The van der Waals surface area contributed by atoms with Crippen molar-refractivity contribution in [1.82, 2.24) is 15.0 Å². The highest BCUT2D eigenvalue weighted by atomic mass is 16.5. The van der Waals surface area contributed by atoms with E-state index < -0.39 is 0 Å². The molecule has 1 aromatic heterocycles. The first-order chi connectivity index (χ1) is 7.21. The molecule has 1 aromatic rings. The minimum Gasteiger partial charge on any atom is -0.376 e. The van der Waals surface area contributed by atoms with Crippen LogP contribution in [0.5, 0.6) is 0 Å². The van der Waals surface area contributed by atoms with Crippen LogP contribution < -0.4 is 0 Å². The summed E-state index contributed by atoms with van der Waals surface area (Å²) in [6.07, 6.45) is 2.89. The Morgan fingerprint density at radius 3 is 2.31 bits per heavy atom. The SMILES string of the molecule is Cc1cn(C(C)(C)CCOC(C)(C)C)nn1. The van der Waals surface area contributed by atoms with E-state index in [1.807, 2.05) is 17.8 Å². The fourth-order valence-corrected chi connectivity index (χ4v) is 1.36. The average molecular weight is 225 g/mol. The lowest BCUT2D eigenvalue weighted by molar-refractivity contribution is -0.0153. The maximum atomic E-state index is 5.73. The summed E-state index contributed by atoms with van der Waals surface area (Å²) in [5.41, 5.74) is 0.825. The minimum absolute atomic E-state index is 0.0491. The van der Waals surface area contributed by atoms with Crippen LogP contribution in [0.4, 0.5) is 0 Å². The van der Waals surface area contributed by atoms with Crippen LogP contribution in [0.1, 0.15) is 46.7 Å². The first-order valence-electron chi connectivity index (χ1n) is 5.74. The molecular formula is C12H23N3O. The predicted octanol–water partition coefficient (Wildman–Crippen LogP) is 2.53. The van der Waals surface area contributed by atoms with Gasteiger partial charge in [-0.15, -0.1) is 5.10 Å². The zero-order valence-corrected chi connectivity index (χ0v) is 11.2. The highest BCUT2D eigenvalue weighted by Gasteiger charge is 2.22. The summed E-state index contributed by atoms with van der Waals surface area (Å²) in [4.78, 5) is 0. The van der Waals surface area contributed by atoms with Crippen LogP contribution in [0.25, 0.3) is 0 Å². The van der Waals surface area contributed by atoms with Crippen molar-refractivity contribution in [2.75, 3.05) is 6.61 Å². The molecule has 0 fully saturated rings. The van der Waals surface area contributed by atoms with Gasteiger partial charge in [-0.05, 0) is 48.0 Å². The van der Waals surface area contributed by atoms with Crippen LogP contribution in [-0.2, 0) is 10.3 Å². The second kappa shape index (κ2) is 4.53. The maximum absolute atomic E-state index is 5.73. The average Bonchev–Trinajstić information content (AvgIpc) is 2.49. The van der Waals surface area contributed by atoms with Crippen LogP contribution in [0.2, 0.25) is 0 Å². The number of aromatic nitrogens is 3. The molecule has 0 bridgehead atoms. The van der Waals surface area contributed by atoms with Gasteiger partial charge in [0.25, 0.3) is 0 Å². The van der Waals surface area contributed by atoms with Gasteiger partial charge >= 0.3 is 0 Å². The fraction of sp³-hybridized carbons (Fsp3) is 0.833. The van der Waals surface area contributed by atoms with Crippen molar-refractivity contribution < 1.29 is 4.74 Å². The van der Waals surface area contributed by atoms with Crippen LogP contribution in [-0.4, -0.2) is 27.2 Å². The second-order valence-corrected chi connectivity index (χ2v) is 5.83. The van der Waals surface area contributed by atoms with Gasteiger partial charge in [-0.2, -0.15) is 0 Å². The first kappa shape index (κ1) is 13.2. The Kier molecular flexibility index (Phi) is 3.73. The molecule has 0 aromatic carbocycles. The van der Waals surface area contributed by atoms with E-state index in [1.54, 1.807) is 0 Å². The number of aryl methyl sites for hydroxylation is 1. The summed E-state index contributed by atoms with van der Waals surface area (Å²) < 4.78 is 7.64. The number of nitrogens with zero attached hydrogens (tertiary/aromatic N) is 3. The van der Waals surface area contributed by atoms with Crippen LogP contribution >= 0.6 is 0 Å². The molecule has 1 heterocycles. The number of hydrogen-bond donors (Lipinski definition) is 0. The van der Waals surface area contributed by atoms with Crippen LogP contribution in [0.3, 0.4) is 0 Å². The lowest BCUT2D eigenvalue weighted by Gasteiger charge is -2.27. The summed E-state index contributed by atoms with van der Waals surface area (Å²) in [5.74, 6) is 0. The third-order valence-corrected chi connectivity index (χ3v) is 2.48. The molecule has 0 radical (unpaired) electrons. The summed E-state index contributed by atoms with van der Waals surface area (Å²) in [6, 6.07) is 0. The van der Waals surface area contributed by atoms with Gasteiger partial charge < -0.3 is 4.74 Å². The summed E-state index contributed by atoms with van der Waals surface area (Å²) in [6.45, 7) is 13.2. The van der Waals surface area contributed by atoms with Crippen molar-refractivity contribution >= 4 is 0 Å². The largest absolute Gasteiger partial charge is 0.376 e. The van der Waals surface area contributed by atoms with Crippen molar-refractivity contribution in [2.24, 2.45) is 0 Å². The van der Waals surface area contributed by atoms with Crippen molar-refractivity contribution in [3.05, 3.63) is 11.9 Å². The van der Waals surface area contributed by atoms with Crippen molar-refractivity contribution in [1.29, 1.82) is 0 Å². The van der Waals surface area contributed by atoms with E-state index in [0.29, 0.717) is 0 Å². The Labute approximate surface area is 98.0 Å². The number of ether oxygens (including phenoxy) is 1. The van der Waals surface area contributed by atoms with Crippen LogP contribution in [0.15, 0.2) is 6.20 Å². The number of rotatable bonds is 4. The third kappa shape index (κ3) is 3.93. The lowest BCUT2D eigenvalue weighted by atomic mass is 10.0. The molecule has 0 amide bonds. The van der Waals surface area contributed by atoms with E-state index in [9.17, 15) is 0 Å². The standard InChI is InChI=1S/C12H23N3O/c1-10-9-15(14-13-10)12(5,6)7-8-16-11(2,3)4/h9H,7-8H2,1-6H3. The van der Waals surface area contributed by atoms with Gasteiger partial charge in [-0.25, -0.2) is 4.68 Å². The van der Waals surface area contributed by atoms with E-state index in [1.165, 1.54) is 0 Å². The summed E-state index contributed by atoms with van der Waals surface area (Å²) in [5, 5.41) is 8.13. The molecule has 0 saturated carbocycles.